The maximum Gasteiger partial charge on any atom is 0.231 e. The van der Waals surface area contributed by atoms with E-state index >= 15 is 0 Å². The standard InChI is InChI=1S/C26H30N2O/c1-20-7-5-9-22(17-20)10-6-8-21(2)19-27-15-13-24(14-16-27)28-25-12-4-3-11-23(25)18-26(28)29/h3-12,24H,2,13-19H2,1H3/b8-6-,22-10-. The minimum absolute atomic E-state index is 0.256. The molecule has 0 aromatic heterocycles. The first-order valence-corrected chi connectivity index (χ1v) is 10.6. The highest BCUT2D eigenvalue weighted by molar-refractivity contribution is 6.01. The van der Waals surface area contributed by atoms with Crippen LogP contribution in [0.15, 0.2) is 84.0 Å². The quantitative estimate of drug-likeness (QED) is 0.666. The predicted molar refractivity (Wildman–Crippen MR) is 121 cm³/mol. The third-order valence-corrected chi connectivity index (χ3v) is 6.03. The van der Waals surface area contributed by atoms with E-state index in [2.05, 4.69) is 71.9 Å². The summed E-state index contributed by atoms with van der Waals surface area (Å²) in [7, 11) is 0. The second kappa shape index (κ2) is 8.79. The van der Waals surface area contributed by atoms with Crippen LogP contribution in [-0.4, -0.2) is 36.5 Å². The summed E-state index contributed by atoms with van der Waals surface area (Å²) in [5.41, 5.74) is 6.16. The Morgan fingerprint density at radius 2 is 2.00 bits per heavy atom. The van der Waals surface area contributed by atoms with Crippen molar-refractivity contribution in [2.24, 2.45) is 0 Å². The Bertz CT molecular complexity index is 910. The average molecular weight is 387 g/mol. The topological polar surface area (TPSA) is 23.6 Å². The molecule has 0 saturated carbocycles. The first-order chi connectivity index (χ1) is 14.1. The highest BCUT2D eigenvalue weighted by atomic mass is 16.2. The molecule has 1 aromatic rings. The van der Waals surface area contributed by atoms with E-state index in [0.29, 0.717) is 12.5 Å². The minimum atomic E-state index is 0.256. The number of carbonyl (C=O) groups is 1. The molecule has 3 nitrogen and oxygen atoms in total. The molecule has 1 aromatic carbocycles. The zero-order valence-electron chi connectivity index (χ0n) is 17.3. The highest BCUT2D eigenvalue weighted by Crippen LogP contribution is 2.33. The van der Waals surface area contributed by atoms with E-state index in [9.17, 15) is 4.79 Å². The molecule has 1 amide bonds. The fraction of sp³-hybridized carbons (Fsp3) is 0.346. The normalized spacial score (nSPS) is 21.8. The zero-order chi connectivity index (χ0) is 20.2. The van der Waals surface area contributed by atoms with Gasteiger partial charge in [0.05, 0.1) is 6.42 Å². The minimum Gasteiger partial charge on any atom is -0.309 e. The van der Waals surface area contributed by atoms with E-state index in [-0.39, 0.29) is 5.91 Å². The molecular formula is C26H30N2O. The maximum atomic E-state index is 12.5. The van der Waals surface area contributed by atoms with Crippen LogP contribution in [0.1, 0.15) is 31.7 Å². The van der Waals surface area contributed by atoms with E-state index < -0.39 is 0 Å². The Kier molecular flexibility index (Phi) is 5.96. The van der Waals surface area contributed by atoms with Crippen LogP contribution in [0.2, 0.25) is 0 Å². The van der Waals surface area contributed by atoms with Gasteiger partial charge in [0.2, 0.25) is 5.91 Å². The molecule has 29 heavy (non-hydrogen) atoms. The zero-order valence-corrected chi connectivity index (χ0v) is 17.3. The monoisotopic (exact) mass is 386 g/mol. The second-order valence-electron chi connectivity index (χ2n) is 8.38. The molecule has 3 heteroatoms. The van der Waals surface area contributed by atoms with E-state index in [1.54, 1.807) is 0 Å². The summed E-state index contributed by atoms with van der Waals surface area (Å²) in [4.78, 5) is 17.0. The lowest BCUT2D eigenvalue weighted by atomic mass is 10.0. The molecular weight excluding hydrogens is 356 g/mol. The number of hydrogen-bond acceptors (Lipinski definition) is 2. The molecule has 2 heterocycles. The van der Waals surface area contributed by atoms with Gasteiger partial charge in [-0.05, 0) is 49.0 Å². The van der Waals surface area contributed by atoms with Crippen LogP contribution < -0.4 is 4.90 Å². The van der Waals surface area contributed by atoms with Crippen molar-refractivity contribution in [3.63, 3.8) is 0 Å². The highest BCUT2D eigenvalue weighted by Gasteiger charge is 2.34. The van der Waals surface area contributed by atoms with Crippen molar-refractivity contribution in [1.29, 1.82) is 0 Å². The van der Waals surface area contributed by atoms with Gasteiger partial charge >= 0.3 is 0 Å². The molecule has 3 aliphatic rings. The molecule has 0 atom stereocenters. The van der Waals surface area contributed by atoms with Gasteiger partial charge in [0.25, 0.3) is 0 Å². The molecule has 0 N–H and O–H groups in total. The fourth-order valence-electron chi connectivity index (χ4n) is 4.55. The molecule has 0 spiro atoms. The first-order valence-electron chi connectivity index (χ1n) is 10.6. The smallest absolute Gasteiger partial charge is 0.231 e. The SMILES string of the molecule is C=C(/C=C\C=C1\C=CC=C(C)C1)CN1CCC(N2C(=O)Cc3ccccc32)CC1. The van der Waals surface area contributed by atoms with Crippen molar-refractivity contribution >= 4 is 11.6 Å². The van der Waals surface area contributed by atoms with Crippen molar-refractivity contribution in [3.05, 3.63) is 89.6 Å². The molecule has 4 rings (SSSR count). The first kappa shape index (κ1) is 19.7. The van der Waals surface area contributed by atoms with Crippen molar-refractivity contribution in [3.8, 4) is 0 Å². The molecule has 1 fully saturated rings. The number of carbonyl (C=O) groups excluding carboxylic acids is 1. The number of anilines is 1. The summed E-state index contributed by atoms with van der Waals surface area (Å²) in [5, 5.41) is 0. The number of piperidine rings is 1. The van der Waals surface area contributed by atoms with Crippen molar-refractivity contribution in [1.82, 2.24) is 4.90 Å². The van der Waals surface area contributed by atoms with Crippen LogP contribution in [0.5, 0.6) is 0 Å². The molecule has 2 aliphatic heterocycles. The number of allylic oxidation sites excluding steroid dienone is 7. The number of rotatable bonds is 5. The third-order valence-electron chi connectivity index (χ3n) is 6.03. The lowest BCUT2D eigenvalue weighted by Crippen LogP contribution is -2.46. The Hall–Kier alpha value is -2.65. The predicted octanol–water partition coefficient (Wildman–Crippen LogP) is 4.99. The summed E-state index contributed by atoms with van der Waals surface area (Å²) in [6.07, 6.45) is 16.5. The van der Waals surface area contributed by atoms with Crippen molar-refractivity contribution < 1.29 is 4.79 Å². The molecule has 1 saturated heterocycles. The Morgan fingerprint density at radius 1 is 1.21 bits per heavy atom. The van der Waals surface area contributed by atoms with Gasteiger partial charge in [0, 0.05) is 31.4 Å². The number of fused-ring (bicyclic) bond motifs is 1. The number of hydrogen-bond donors (Lipinski definition) is 0. The lowest BCUT2D eigenvalue weighted by molar-refractivity contribution is -0.118. The van der Waals surface area contributed by atoms with Crippen LogP contribution in [0, 0.1) is 0 Å². The van der Waals surface area contributed by atoms with Crippen LogP contribution in [0.25, 0.3) is 0 Å². The number of benzene rings is 1. The Labute approximate surface area is 174 Å². The Morgan fingerprint density at radius 3 is 2.79 bits per heavy atom. The van der Waals surface area contributed by atoms with Gasteiger partial charge in [-0.2, -0.15) is 0 Å². The molecule has 0 bridgehead atoms. The van der Waals surface area contributed by atoms with E-state index in [4.69, 9.17) is 0 Å². The van der Waals surface area contributed by atoms with Crippen molar-refractivity contribution in [2.75, 3.05) is 24.5 Å². The number of para-hydroxylation sites is 1. The number of likely N-dealkylation sites (tertiary alicyclic amines) is 1. The molecule has 0 radical (unpaired) electrons. The summed E-state index contributed by atoms with van der Waals surface area (Å²) in [5.74, 6) is 0.256. The van der Waals surface area contributed by atoms with Crippen LogP contribution in [-0.2, 0) is 11.2 Å². The average Bonchev–Trinajstić information content (AvgIpc) is 3.04. The molecule has 0 unspecified atom stereocenters. The number of nitrogens with zero attached hydrogens (tertiary/aromatic N) is 2. The second-order valence-corrected chi connectivity index (χ2v) is 8.38. The maximum absolute atomic E-state index is 12.5. The van der Waals surface area contributed by atoms with E-state index in [1.165, 1.54) is 16.7 Å². The summed E-state index contributed by atoms with van der Waals surface area (Å²) in [6.45, 7) is 9.31. The van der Waals surface area contributed by atoms with Crippen LogP contribution in [0.3, 0.4) is 0 Å². The fourth-order valence-corrected chi connectivity index (χ4v) is 4.55. The lowest BCUT2D eigenvalue weighted by Gasteiger charge is -2.37. The summed E-state index contributed by atoms with van der Waals surface area (Å²) < 4.78 is 0. The molecule has 150 valence electrons. The van der Waals surface area contributed by atoms with Gasteiger partial charge in [-0.15, -0.1) is 0 Å². The van der Waals surface area contributed by atoms with Crippen LogP contribution >= 0.6 is 0 Å². The van der Waals surface area contributed by atoms with Gasteiger partial charge in [-0.3, -0.25) is 9.69 Å². The van der Waals surface area contributed by atoms with Gasteiger partial charge < -0.3 is 4.90 Å². The summed E-state index contributed by atoms with van der Waals surface area (Å²) >= 11 is 0. The van der Waals surface area contributed by atoms with Gasteiger partial charge in [0.15, 0.2) is 0 Å². The number of amides is 1. The van der Waals surface area contributed by atoms with Crippen LogP contribution in [0.4, 0.5) is 5.69 Å². The molecule has 1 aliphatic carbocycles. The van der Waals surface area contributed by atoms with Gasteiger partial charge in [0.1, 0.15) is 0 Å². The van der Waals surface area contributed by atoms with E-state index in [0.717, 1.165) is 50.2 Å². The summed E-state index contributed by atoms with van der Waals surface area (Å²) in [6, 6.07) is 8.55. The van der Waals surface area contributed by atoms with Crippen molar-refractivity contribution in [2.45, 2.75) is 38.6 Å². The van der Waals surface area contributed by atoms with E-state index in [1.807, 2.05) is 12.1 Å². The Balaban J connectivity index is 1.27. The van der Waals surface area contributed by atoms with Gasteiger partial charge in [-0.1, -0.05) is 66.8 Å². The third kappa shape index (κ3) is 4.68. The van der Waals surface area contributed by atoms with Gasteiger partial charge in [-0.25, -0.2) is 0 Å². The largest absolute Gasteiger partial charge is 0.309 e.